The molecule has 1 fully saturated rings. The predicted molar refractivity (Wildman–Crippen MR) is 120 cm³/mol. The number of amides is 2. The molecule has 0 radical (unpaired) electrons. The molecule has 1 saturated heterocycles. The predicted octanol–water partition coefficient (Wildman–Crippen LogP) is 4.21. The lowest BCUT2D eigenvalue weighted by Gasteiger charge is -2.22. The van der Waals surface area contributed by atoms with Gasteiger partial charge in [0.2, 0.25) is 5.91 Å². The minimum atomic E-state index is -0.536. The van der Waals surface area contributed by atoms with E-state index in [0.717, 1.165) is 32.1 Å². The van der Waals surface area contributed by atoms with Gasteiger partial charge in [-0.2, -0.15) is 0 Å². The number of methoxy groups -OCH3 is 1. The second-order valence-corrected chi connectivity index (χ2v) is 7.85. The molecule has 1 N–H and O–H groups in total. The first-order valence-electron chi connectivity index (χ1n) is 10.9. The highest BCUT2D eigenvalue weighted by molar-refractivity contribution is 5.99. The van der Waals surface area contributed by atoms with Crippen LogP contribution < -0.4 is 5.32 Å². The number of esters is 1. The fraction of sp³-hybridized carbons (Fsp3) is 0.400. The Kier molecular flexibility index (Phi) is 8.21. The highest BCUT2D eigenvalue weighted by atomic mass is 16.5. The lowest BCUT2D eigenvalue weighted by atomic mass is 10.1. The summed E-state index contributed by atoms with van der Waals surface area (Å²) < 4.78 is 4.82. The van der Waals surface area contributed by atoms with Crippen LogP contribution in [0.3, 0.4) is 0 Å². The number of anilines is 1. The number of benzene rings is 2. The van der Waals surface area contributed by atoms with E-state index < -0.39 is 6.04 Å². The Morgan fingerprint density at radius 2 is 1.84 bits per heavy atom. The van der Waals surface area contributed by atoms with Gasteiger partial charge in [-0.3, -0.25) is 9.59 Å². The quantitative estimate of drug-likeness (QED) is 0.485. The van der Waals surface area contributed by atoms with Crippen molar-refractivity contribution in [3.63, 3.8) is 0 Å². The molecular weight excluding hydrogens is 392 g/mol. The summed E-state index contributed by atoms with van der Waals surface area (Å²) in [5, 5.41) is 2.88. The second kappa shape index (κ2) is 11.3. The van der Waals surface area contributed by atoms with Gasteiger partial charge in [0.1, 0.15) is 6.04 Å². The number of hydrogen-bond acceptors (Lipinski definition) is 4. The third kappa shape index (κ3) is 6.41. The van der Waals surface area contributed by atoms with E-state index in [2.05, 4.69) is 17.4 Å². The molecule has 2 amide bonds. The molecule has 0 unspecified atom stereocenters. The molecule has 0 saturated carbocycles. The Bertz CT molecular complexity index is 897. The molecule has 31 heavy (non-hydrogen) atoms. The number of hydrogen-bond donors (Lipinski definition) is 1. The average molecular weight is 423 g/mol. The Hall–Kier alpha value is -3.15. The van der Waals surface area contributed by atoms with Gasteiger partial charge in [-0.05, 0) is 55.9 Å². The fourth-order valence-electron chi connectivity index (χ4n) is 3.95. The van der Waals surface area contributed by atoms with Crippen LogP contribution in [-0.4, -0.2) is 42.4 Å². The van der Waals surface area contributed by atoms with Crippen LogP contribution in [0, 0.1) is 0 Å². The highest BCUT2D eigenvalue weighted by Gasteiger charge is 2.35. The summed E-state index contributed by atoms with van der Waals surface area (Å²) in [6.45, 7) is 0.526. The minimum absolute atomic E-state index is 0.0575. The zero-order valence-electron chi connectivity index (χ0n) is 18.0. The molecule has 6 heteroatoms. The molecule has 2 aromatic rings. The van der Waals surface area contributed by atoms with Gasteiger partial charge < -0.3 is 15.0 Å². The zero-order valence-corrected chi connectivity index (χ0v) is 18.0. The number of rotatable bonds is 9. The number of likely N-dealkylation sites (tertiary alicyclic amines) is 1. The largest absolute Gasteiger partial charge is 0.467 e. The van der Waals surface area contributed by atoms with Crippen molar-refractivity contribution in [3.8, 4) is 0 Å². The first kappa shape index (κ1) is 22.5. The molecule has 0 bridgehead atoms. The third-order valence-electron chi connectivity index (χ3n) is 5.59. The smallest absolute Gasteiger partial charge is 0.328 e. The number of aryl methyl sites for hydroxylation is 1. The maximum Gasteiger partial charge on any atom is 0.328 e. The molecule has 0 spiro atoms. The van der Waals surface area contributed by atoms with Crippen molar-refractivity contribution in [2.75, 3.05) is 19.0 Å². The van der Waals surface area contributed by atoms with E-state index in [1.54, 1.807) is 29.2 Å². The maximum atomic E-state index is 12.9. The zero-order chi connectivity index (χ0) is 22.1. The van der Waals surface area contributed by atoms with Crippen molar-refractivity contribution in [3.05, 3.63) is 65.7 Å². The number of carbonyl (C=O) groups is 3. The molecule has 1 aliphatic rings. The molecular formula is C25H30N2O4. The summed E-state index contributed by atoms with van der Waals surface area (Å²) >= 11 is 0. The first-order valence-corrected chi connectivity index (χ1v) is 10.9. The lowest BCUT2D eigenvalue weighted by molar-refractivity contribution is -0.145. The first-order chi connectivity index (χ1) is 15.1. The maximum absolute atomic E-state index is 12.9. The Labute approximate surface area is 183 Å². The molecule has 6 nitrogen and oxygen atoms in total. The third-order valence-corrected chi connectivity index (χ3v) is 5.59. The van der Waals surface area contributed by atoms with Gasteiger partial charge in [0.25, 0.3) is 5.91 Å². The standard InChI is InChI=1S/C25H30N2O4/c1-31-25(30)22-15-9-17-27(22)24(29)20-13-8-14-21(18-20)26-23(28)16-7-3-6-12-19-10-4-2-5-11-19/h2,4-5,8,10-11,13-14,18,22H,3,6-7,9,12,15-17H2,1H3,(H,26,28)/t22-/m0/s1. The molecule has 2 aromatic carbocycles. The van der Waals surface area contributed by atoms with Crippen LogP contribution in [0.25, 0.3) is 0 Å². The molecule has 1 atom stereocenters. The molecule has 164 valence electrons. The Morgan fingerprint density at radius 3 is 2.61 bits per heavy atom. The number of nitrogens with zero attached hydrogens (tertiary/aromatic N) is 1. The molecule has 1 heterocycles. The number of unbranched alkanes of at least 4 members (excludes halogenated alkanes) is 2. The lowest BCUT2D eigenvalue weighted by Crippen LogP contribution is -2.41. The normalized spacial score (nSPS) is 15.5. The molecule has 1 aliphatic heterocycles. The summed E-state index contributed by atoms with van der Waals surface area (Å²) in [7, 11) is 1.33. The summed E-state index contributed by atoms with van der Waals surface area (Å²) in [5.41, 5.74) is 2.37. The average Bonchev–Trinajstić information content (AvgIpc) is 3.28. The van der Waals surface area contributed by atoms with Gasteiger partial charge in [0.05, 0.1) is 7.11 Å². The van der Waals surface area contributed by atoms with Crippen molar-refractivity contribution in [1.82, 2.24) is 4.90 Å². The summed E-state index contributed by atoms with van der Waals surface area (Å²) in [6, 6.07) is 16.7. The number of carbonyl (C=O) groups excluding carboxylic acids is 3. The van der Waals surface area contributed by atoms with Crippen LogP contribution in [0.4, 0.5) is 5.69 Å². The van der Waals surface area contributed by atoms with E-state index in [-0.39, 0.29) is 17.8 Å². The summed E-state index contributed by atoms with van der Waals surface area (Å²) in [4.78, 5) is 38.7. The summed E-state index contributed by atoms with van der Waals surface area (Å²) in [5.74, 6) is -0.662. The van der Waals surface area contributed by atoms with Crippen LogP contribution in [-0.2, 0) is 20.7 Å². The minimum Gasteiger partial charge on any atom is -0.467 e. The topological polar surface area (TPSA) is 75.7 Å². The second-order valence-electron chi connectivity index (χ2n) is 7.85. The van der Waals surface area contributed by atoms with Crippen molar-refractivity contribution < 1.29 is 19.1 Å². The van der Waals surface area contributed by atoms with Crippen LogP contribution in [0.5, 0.6) is 0 Å². The number of ether oxygens (including phenoxy) is 1. The van der Waals surface area contributed by atoms with Gasteiger partial charge in [-0.1, -0.05) is 42.8 Å². The van der Waals surface area contributed by atoms with Crippen LogP contribution in [0.1, 0.15) is 54.4 Å². The van der Waals surface area contributed by atoms with Crippen LogP contribution in [0.15, 0.2) is 54.6 Å². The molecule has 3 rings (SSSR count). The van der Waals surface area contributed by atoms with Gasteiger partial charge in [0.15, 0.2) is 0 Å². The van der Waals surface area contributed by atoms with E-state index in [1.807, 2.05) is 18.2 Å². The van der Waals surface area contributed by atoms with Gasteiger partial charge in [-0.15, -0.1) is 0 Å². The number of nitrogens with one attached hydrogen (secondary N) is 1. The van der Waals surface area contributed by atoms with Gasteiger partial charge >= 0.3 is 5.97 Å². The SMILES string of the molecule is COC(=O)[C@@H]1CCCN1C(=O)c1cccc(NC(=O)CCCCCc2ccccc2)c1. The van der Waals surface area contributed by atoms with Crippen LogP contribution >= 0.6 is 0 Å². The Balaban J connectivity index is 1.46. The van der Waals surface area contributed by atoms with E-state index >= 15 is 0 Å². The monoisotopic (exact) mass is 422 g/mol. The fourth-order valence-corrected chi connectivity index (χ4v) is 3.95. The molecule has 0 aliphatic carbocycles. The van der Waals surface area contributed by atoms with E-state index in [4.69, 9.17) is 4.74 Å². The Morgan fingerprint density at radius 1 is 1.03 bits per heavy atom. The van der Waals surface area contributed by atoms with Crippen molar-refractivity contribution in [1.29, 1.82) is 0 Å². The van der Waals surface area contributed by atoms with Crippen molar-refractivity contribution in [2.24, 2.45) is 0 Å². The van der Waals surface area contributed by atoms with Crippen LogP contribution in [0.2, 0.25) is 0 Å². The highest BCUT2D eigenvalue weighted by Crippen LogP contribution is 2.22. The van der Waals surface area contributed by atoms with E-state index in [0.29, 0.717) is 30.6 Å². The van der Waals surface area contributed by atoms with Gasteiger partial charge in [0, 0.05) is 24.2 Å². The molecule has 0 aromatic heterocycles. The van der Waals surface area contributed by atoms with Crippen molar-refractivity contribution >= 4 is 23.5 Å². The van der Waals surface area contributed by atoms with Crippen molar-refractivity contribution in [2.45, 2.75) is 51.0 Å². The summed E-state index contributed by atoms with van der Waals surface area (Å²) in [6.07, 6.45) is 5.72. The van der Waals surface area contributed by atoms with E-state index in [1.165, 1.54) is 12.7 Å². The van der Waals surface area contributed by atoms with E-state index in [9.17, 15) is 14.4 Å². The van der Waals surface area contributed by atoms with Gasteiger partial charge in [-0.25, -0.2) is 4.79 Å².